The van der Waals surface area contributed by atoms with Gasteiger partial charge in [0.05, 0.1) is 10.6 Å². The summed E-state index contributed by atoms with van der Waals surface area (Å²) in [4.78, 5) is -0.148. The van der Waals surface area contributed by atoms with E-state index in [1.54, 1.807) is 6.92 Å². The van der Waals surface area contributed by atoms with Crippen molar-refractivity contribution in [3.05, 3.63) is 53.8 Å². The molecule has 0 aliphatic heterocycles. The zero-order valence-corrected chi connectivity index (χ0v) is 12.5. The second-order valence-electron chi connectivity index (χ2n) is 4.61. The van der Waals surface area contributed by atoms with Crippen molar-refractivity contribution in [2.24, 2.45) is 0 Å². The first-order chi connectivity index (χ1) is 10.6. The molecule has 0 atom stereocenters. The Hall–Kier alpha value is -2.29. The molecule has 0 saturated heterocycles. The lowest BCUT2D eigenvalue weighted by atomic mass is 10.2. The predicted octanol–water partition coefficient (Wildman–Crippen LogP) is 3.83. The van der Waals surface area contributed by atoms with Gasteiger partial charge in [-0.05, 0) is 31.2 Å². The molecular formula is C14H11F4NO3S. The van der Waals surface area contributed by atoms with E-state index in [4.69, 9.17) is 0 Å². The van der Waals surface area contributed by atoms with Crippen LogP contribution in [0.3, 0.4) is 0 Å². The molecule has 2 aromatic rings. The molecular weight excluding hydrogens is 338 g/mol. The number of halogens is 4. The molecule has 124 valence electrons. The molecule has 0 spiro atoms. The maximum atomic E-state index is 13.6. The molecule has 0 saturated carbocycles. The van der Waals surface area contributed by atoms with Gasteiger partial charge in [-0.25, -0.2) is 12.8 Å². The molecule has 0 unspecified atom stereocenters. The second-order valence-corrected chi connectivity index (χ2v) is 6.29. The lowest BCUT2D eigenvalue weighted by molar-refractivity contribution is -0.274. The Morgan fingerprint density at radius 2 is 1.65 bits per heavy atom. The van der Waals surface area contributed by atoms with Gasteiger partial charge in [0.15, 0.2) is 0 Å². The first-order valence-corrected chi connectivity index (χ1v) is 7.70. The second kappa shape index (κ2) is 6.07. The maximum absolute atomic E-state index is 13.6. The fraction of sp³-hybridized carbons (Fsp3) is 0.143. The van der Waals surface area contributed by atoms with E-state index < -0.39 is 33.6 Å². The van der Waals surface area contributed by atoms with Gasteiger partial charge in [-0.2, -0.15) is 0 Å². The molecule has 0 amide bonds. The lowest BCUT2D eigenvalue weighted by Gasteiger charge is -2.12. The van der Waals surface area contributed by atoms with Crippen LogP contribution in [0.25, 0.3) is 0 Å². The van der Waals surface area contributed by atoms with Crippen LogP contribution >= 0.6 is 0 Å². The largest absolute Gasteiger partial charge is 0.573 e. The predicted molar refractivity (Wildman–Crippen MR) is 75.1 cm³/mol. The Bertz CT molecular complexity index is 802. The van der Waals surface area contributed by atoms with E-state index in [-0.39, 0.29) is 4.90 Å². The van der Waals surface area contributed by atoms with E-state index in [1.165, 1.54) is 24.3 Å². The highest BCUT2D eigenvalue weighted by molar-refractivity contribution is 7.92. The van der Waals surface area contributed by atoms with Crippen LogP contribution in [0.5, 0.6) is 5.75 Å². The van der Waals surface area contributed by atoms with Gasteiger partial charge in [0.2, 0.25) is 0 Å². The zero-order chi connectivity index (χ0) is 17.3. The molecule has 0 aliphatic rings. The fourth-order valence-corrected chi connectivity index (χ4v) is 2.76. The van der Waals surface area contributed by atoms with Crippen LogP contribution in [-0.2, 0) is 10.0 Å². The van der Waals surface area contributed by atoms with Crippen molar-refractivity contribution in [1.29, 1.82) is 0 Å². The minimum Gasteiger partial charge on any atom is -0.406 e. The highest BCUT2D eigenvalue weighted by atomic mass is 32.2. The van der Waals surface area contributed by atoms with Crippen LogP contribution in [0, 0.1) is 12.7 Å². The topological polar surface area (TPSA) is 55.4 Å². The summed E-state index contributed by atoms with van der Waals surface area (Å²) >= 11 is 0. The fourth-order valence-electron chi connectivity index (χ4n) is 1.70. The first kappa shape index (κ1) is 17.1. The van der Waals surface area contributed by atoms with E-state index in [9.17, 15) is 26.0 Å². The lowest BCUT2D eigenvalue weighted by Crippen LogP contribution is -2.18. The van der Waals surface area contributed by atoms with E-state index in [2.05, 4.69) is 4.74 Å². The van der Waals surface area contributed by atoms with Crippen molar-refractivity contribution < 1.29 is 30.7 Å². The van der Waals surface area contributed by atoms with Crippen molar-refractivity contribution in [2.45, 2.75) is 18.2 Å². The third-order valence-corrected chi connectivity index (χ3v) is 4.13. The van der Waals surface area contributed by atoms with E-state index in [0.29, 0.717) is 12.1 Å². The third-order valence-electron chi connectivity index (χ3n) is 2.75. The highest BCUT2D eigenvalue weighted by Gasteiger charge is 2.31. The van der Waals surface area contributed by atoms with Crippen molar-refractivity contribution in [1.82, 2.24) is 0 Å². The first-order valence-electron chi connectivity index (χ1n) is 6.22. The minimum absolute atomic E-state index is 0.148. The number of alkyl halides is 3. The minimum atomic E-state index is -4.97. The number of nitrogens with one attached hydrogen (secondary N) is 1. The van der Waals surface area contributed by atoms with Crippen molar-refractivity contribution in [3.63, 3.8) is 0 Å². The molecule has 0 aromatic heterocycles. The standard InChI is InChI=1S/C14H11F4NO3S/c1-9-2-5-11(6-3-9)23(20,21)19-13-8-10(4-7-12(13)15)22-14(16,17)18/h2-8,19H,1H3. The Morgan fingerprint density at radius 3 is 2.22 bits per heavy atom. The average Bonchev–Trinajstić information content (AvgIpc) is 2.41. The summed E-state index contributed by atoms with van der Waals surface area (Å²) in [5.41, 5.74) is 0.169. The Balaban J connectivity index is 2.31. The van der Waals surface area contributed by atoms with Gasteiger partial charge in [-0.3, -0.25) is 4.72 Å². The van der Waals surface area contributed by atoms with Gasteiger partial charge >= 0.3 is 6.36 Å². The molecule has 4 nitrogen and oxygen atoms in total. The molecule has 0 heterocycles. The number of hydrogen-bond donors (Lipinski definition) is 1. The van der Waals surface area contributed by atoms with Crippen LogP contribution in [0.1, 0.15) is 5.56 Å². The number of anilines is 1. The maximum Gasteiger partial charge on any atom is 0.573 e. The van der Waals surface area contributed by atoms with Crippen LogP contribution in [0.4, 0.5) is 23.2 Å². The Labute approximate surface area is 129 Å². The number of rotatable bonds is 4. The SMILES string of the molecule is Cc1ccc(S(=O)(=O)Nc2cc(OC(F)(F)F)ccc2F)cc1. The summed E-state index contributed by atoms with van der Waals surface area (Å²) in [5, 5.41) is 0. The molecule has 23 heavy (non-hydrogen) atoms. The third kappa shape index (κ3) is 4.59. The normalized spacial score (nSPS) is 12.0. The van der Waals surface area contributed by atoms with Gasteiger partial charge in [-0.1, -0.05) is 17.7 Å². The molecule has 1 N–H and O–H groups in total. The molecule has 0 aliphatic carbocycles. The Kier molecular flexibility index (Phi) is 4.51. The molecule has 2 rings (SSSR count). The number of benzene rings is 2. The van der Waals surface area contributed by atoms with E-state index in [1.807, 2.05) is 4.72 Å². The summed E-state index contributed by atoms with van der Waals surface area (Å²) < 4.78 is 79.9. The van der Waals surface area contributed by atoms with Crippen LogP contribution in [0.2, 0.25) is 0 Å². The number of sulfonamides is 1. The quantitative estimate of drug-likeness (QED) is 0.854. The van der Waals surface area contributed by atoms with Gasteiger partial charge in [0.25, 0.3) is 10.0 Å². The van der Waals surface area contributed by atoms with Gasteiger partial charge in [0.1, 0.15) is 11.6 Å². The van der Waals surface area contributed by atoms with Crippen molar-refractivity contribution in [2.75, 3.05) is 4.72 Å². The van der Waals surface area contributed by atoms with Gasteiger partial charge in [-0.15, -0.1) is 13.2 Å². The van der Waals surface area contributed by atoms with Crippen LogP contribution in [0.15, 0.2) is 47.4 Å². The number of aryl methyl sites for hydroxylation is 1. The monoisotopic (exact) mass is 349 g/mol. The highest BCUT2D eigenvalue weighted by Crippen LogP contribution is 2.28. The summed E-state index contributed by atoms with van der Waals surface area (Å²) in [6.07, 6.45) is -4.97. The molecule has 2 aromatic carbocycles. The van der Waals surface area contributed by atoms with E-state index in [0.717, 1.165) is 11.6 Å². The molecule has 0 radical (unpaired) electrons. The van der Waals surface area contributed by atoms with Crippen LogP contribution in [-0.4, -0.2) is 14.8 Å². The summed E-state index contributed by atoms with van der Waals surface area (Å²) in [6.45, 7) is 1.75. The van der Waals surface area contributed by atoms with Crippen molar-refractivity contribution in [3.8, 4) is 5.75 Å². The van der Waals surface area contributed by atoms with Crippen LogP contribution < -0.4 is 9.46 Å². The Morgan fingerprint density at radius 1 is 1.04 bits per heavy atom. The molecule has 0 bridgehead atoms. The van der Waals surface area contributed by atoms with E-state index >= 15 is 0 Å². The summed E-state index contributed by atoms with van der Waals surface area (Å²) in [7, 11) is -4.14. The average molecular weight is 349 g/mol. The molecule has 0 fully saturated rings. The summed E-state index contributed by atoms with van der Waals surface area (Å²) in [6, 6.07) is 7.70. The zero-order valence-electron chi connectivity index (χ0n) is 11.7. The summed E-state index contributed by atoms with van der Waals surface area (Å²) in [5.74, 6) is -1.77. The smallest absolute Gasteiger partial charge is 0.406 e. The van der Waals surface area contributed by atoms with Gasteiger partial charge in [0, 0.05) is 6.07 Å². The molecule has 9 heteroatoms. The van der Waals surface area contributed by atoms with Crippen molar-refractivity contribution >= 4 is 15.7 Å². The number of ether oxygens (including phenoxy) is 1. The number of hydrogen-bond acceptors (Lipinski definition) is 3. The van der Waals surface area contributed by atoms with Gasteiger partial charge < -0.3 is 4.74 Å².